The molecule has 2 N–H and O–H groups in total. The number of nitrogen functional groups attached to an aromatic ring is 1. The first-order chi connectivity index (χ1) is 9.32. The first kappa shape index (κ1) is 14.8. The zero-order valence-corrected chi connectivity index (χ0v) is 13.2. The lowest BCUT2D eigenvalue weighted by atomic mass is 9.96. The van der Waals surface area contributed by atoms with Gasteiger partial charge in [0.05, 0.1) is 5.25 Å². The first-order valence-corrected chi connectivity index (χ1v) is 7.41. The zero-order chi connectivity index (χ0) is 14.9. The summed E-state index contributed by atoms with van der Waals surface area (Å²) in [6.45, 7) is 10.1. The molecule has 20 heavy (non-hydrogen) atoms. The van der Waals surface area contributed by atoms with E-state index in [0.717, 1.165) is 12.2 Å². The Hall–Kier alpha value is -1.57. The van der Waals surface area contributed by atoms with Crippen molar-refractivity contribution in [1.82, 2.24) is 25.0 Å². The quantitative estimate of drug-likeness (QED) is 0.681. The van der Waals surface area contributed by atoms with Crippen molar-refractivity contribution >= 4 is 11.8 Å². The van der Waals surface area contributed by atoms with Crippen LogP contribution in [-0.2, 0) is 11.8 Å². The highest BCUT2D eigenvalue weighted by Gasteiger charge is 2.25. The SMILES string of the molecule is CCc1noc(C(C)Sc2nnc(C(C)(C)C)n2N)n1. The second kappa shape index (κ2) is 5.43. The molecule has 2 aromatic rings. The monoisotopic (exact) mass is 296 g/mol. The van der Waals surface area contributed by atoms with Gasteiger partial charge in [0, 0.05) is 11.8 Å². The van der Waals surface area contributed by atoms with Crippen LogP contribution in [0.2, 0.25) is 0 Å². The van der Waals surface area contributed by atoms with Gasteiger partial charge in [-0.2, -0.15) is 4.98 Å². The molecule has 7 nitrogen and oxygen atoms in total. The molecule has 1 atom stereocenters. The van der Waals surface area contributed by atoms with Crippen molar-refractivity contribution in [2.24, 2.45) is 0 Å². The van der Waals surface area contributed by atoms with Crippen LogP contribution >= 0.6 is 11.8 Å². The molecular weight excluding hydrogens is 276 g/mol. The van der Waals surface area contributed by atoms with Crippen LogP contribution in [0.15, 0.2) is 9.68 Å². The molecule has 0 saturated heterocycles. The van der Waals surface area contributed by atoms with E-state index in [1.165, 1.54) is 16.4 Å². The fourth-order valence-corrected chi connectivity index (χ4v) is 2.45. The Morgan fingerprint density at radius 1 is 1.35 bits per heavy atom. The van der Waals surface area contributed by atoms with Gasteiger partial charge >= 0.3 is 0 Å². The van der Waals surface area contributed by atoms with Gasteiger partial charge in [-0.3, -0.25) is 0 Å². The second-order valence-electron chi connectivity index (χ2n) is 5.59. The largest absolute Gasteiger partial charge is 0.338 e. The molecule has 0 saturated carbocycles. The highest BCUT2D eigenvalue weighted by molar-refractivity contribution is 7.99. The topological polar surface area (TPSA) is 95.7 Å². The van der Waals surface area contributed by atoms with Gasteiger partial charge in [-0.25, -0.2) is 4.68 Å². The Morgan fingerprint density at radius 2 is 2.05 bits per heavy atom. The van der Waals surface area contributed by atoms with E-state index < -0.39 is 0 Å². The van der Waals surface area contributed by atoms with E-state index >= 15 is 0 Å². The number of hydrogen-bond donors (Lipinski definition) is 1. The third-order valence-electron chi connectivity index (χ3n) is 2.77. The lowest BCUT2D eigenvalue weighted by molar-refractivity contribution is 0.375. The first-order valence-electron chi connectivity index (χ1n) is 6.53. The van der Waals surface area contributed by atoms with Crippen molar-refractivity contribution in [1.29, 1.82) is 0 Å². The fourth-order valence-electron chi connectivity index (χ4n) is 1.65. The molecule has 0 aliphatic rings. The molecule has 0 aliphatic carbocycles. The molecular formula is C12H20N6OS. The van der Waals surface area contributed by atoms with Gasteiger partial charge in [0.1, 0.15) is 0 Å². The van der Waals surface area contributed by atoms with E-state index in [9.17, 15) is 0 Å². The van der Waals surface area contributed by atoms with E-state index in [2.05, 4.69) is 20.3 Å². The van der Waals surface area contributed by atoms with Crippen molar-refractivity contribution in [3.8, 4) is 0 Å². The number of aryl methyl sites for hydroxylation is 1. The molecule has 0 aromatic carbocycles. The Kier molecular flexibility index (Phi) is 4.03. The molecule has 2 heterocycles. The summed E-state index contributed by atoms with van der Waals surface area (Å²) in [6, 6.07) is 0. The average molecular weight is 296 g/mol. The summed E-state index contributed by atoms with van der Waals surface area (Å²) in [7, 11) is 0. The third-order valence-corrected chi connectivity index (χ3v) is 3.81. The van der Waals surface area contributed by atoms with E-state index in [0.29, 0.717) is 16.9 Å². The molecule has 0 aliphatic heterocycles. The molecule has 0 amide bonds. The van der Waals surface area contributed by atoms with Gasteiger partial charge in [0.25, 0.3) is 0 Å². The van der Waals surface area contributed by atoms with Crippen LogP contribution in [0, 0.1) is 0 Å². The Morgan fingerprint density at radius 3 is 2.55 bits per heavy atom. The van der Waals surface area contributed by atoms with Gasteiger partial charge in [0.2, 0.25) is 11.0 Å². The Labute approximate surface area is 122 Å². The van der Waals surface area contributed by atoms with Crippen molar-refractivity contribution in [3.05, 3.63) is 17.5 Å². The molecule has 2 rings (SSSR count). The van der Waals surface area contributed by atoms with E-state index in [1.807, 2.05) is 34.6 Å². The van der Waals surface area contributed by atoms with Crippen molar-refractivity contribution < 1.29 is 4.52 Å². The molecule has 0 bridgehead atoms. The maximum atomic E-state index is 6.05. The standard InChI is InChI=1S/C12H20N6OS/c1-6-8-14-9(19-17-8)7(2)20-11-16-15-10(18(11)13)12(3,4)5/h7H,6,13H2,1-5H3. The predicted molar refractivity (Wildman–Crippen MR) is 76.8 cm³/mol. The summed E-state index contributed by atoms with van der Waals surface area (Å²) < 4.78 is 6.75. The smallest absolute Gasteiger partial charge is 0.239 e. The Balaban J connectivity index is 2.16. The van der Waals surface area contributed by atoms with Gasteiger partial charge in [-0.15, -0.1) is 10.2 Å². The number of thioether (sulfide) groups is 1. The summed E-state index contributed by atoms with van der Waals surface area (Å²) in [6.07, 6.45) is 0.752. The maximum Gasteiger partial charge on any atom is 0.239 e. The van der Waals surface area contributed by atoms with Gasteiger partial charge in [-0.05, 0) is 6.92 Å². The number of hydrogen-bond acceptors (Lipinski definition) is 7. The average Bonchev–Trinajstić information content (AvgIpc) is 2.96. The summed E-state index contributed by atoms with van der Waals surface area (Å²) in [5.74, 6) is 8.08. The van der Waals surface area contributed by atoms with Gasteiger partial charge in [-0.1, -0.05) is 44.6 Å². The van der Waals surface area contributed by atoms with Crippen molar-refractivity contribution in [3.63, 3.8) is 0 Å². The zero-order valence-electron chi connectivity index (χ0n) is 12.4. The van der Waals surface area contributed by atoms with Crippen molar-refractivity contribution in [2.75, 3.05) is 5.84 Å². The van der Waals surface area contributed by atoms with Gasteiger partial charge < -0.3 is 10.4 Å². The molecule has 8 heteroatoms. The normalized spacial score (nSPS) is 13.7. The molecule has 2 aromatic heterocycles. The highest BCUT2D eigenvalue weighted by Crippen LogP contribution is 2.33. The number of rotatable bonds is 4. The minimum absolute atomic E-state index is 0.0258. The van der Waals surface area contributed by atoms with Gasteiger partial charge in [0.15, 0.2) is 11.6 Å². The highest BCUT2D eigenvalue weighted by atomic mass is 32.2. The van der Waals surface area contributed by atoms with E-state index in [-0.39, 0.29) is 10.7 Å². The molecule has 0 fully saturated rings. The molecule has 1 unspecified atom stereocenters. The number of nitrogens with two attached hydrogens (primary N) is 1. The summed E-state index contributed by atoms with van der Waals surface area (Å²) in [4.78, 5) is 4.31. The molecule has 0 spiro atoms. The van der Waals surface area contributed by atoms with E-state index in [1.54, 1.807) is 0 Å². The minimum atomic E-state index is -0.149. The van der Waals surface area contributed by atoms with Crippen LogP contribution in [0.1, 0.15) is 57.4 Å². The lowest BCUT2D eigenvalue weighted by Crippen LogP contribution is -2.24. The van der Waals surface area contributed by atoms with Crippen LogP contribution in [0.4, 0.5) is 0 Å². The van der Waals surface area contributed by atoms with Crippen LogP contribution in [0.5, 0.6) is 0 Å². The summed E-state index contributed by atoms with van der Waals surface area (Å²) >= 11 is 1.45. The lowest BCUT2D eigenvalue weighted by Gasteiger charge is -2.16. The number of nitrogens with zero attached hydrogens (tertiary/aromatic N) is 5. The minimum Gasteiger partial charge on any atom is -0.338 e. The predicted octanol–water partition coefficient (Wildman–Crippen LogP) is 2.09. The van der Waals surface area contributed by atoms with Crippen molar-refractivity contribution in [2.45, 2.75) is 56.9 Å². The second-order valence-corrected chi connectivity index (χ2v) is 6.90. The summed E-state index contributed by atoms with van der Waals surface area (Å²) in [5.41, 5.74) is -0.149. The molecule has 110 valence electrons. The number of aromatic nitrogens is 5. The maximum absolute atomic E-state index is 6.05. The van der Waals surface area contributed by atoms with E-state index in [4.69, 9.17) is 10.4 Å². The van der Waals surface area contributed by atoms with Crippen LogP contribution in [-0.4, -0.2) is 25.0 Å². The van der Waals surface area contributed by atoms with Crippen LogP contribution in [0.25, 0.3) is 0 Å². The fraction of sp³-hybridized carbons (Fsp3) is 0.667. The van der Waals surface area contributed by atoms with Crippen LogP contribution in [0.3, 0.4) is 0 Å². The third kappa shape index (κ3) is 2.95. The summed E-state index contributed by atoms with van der Waals surface area (Å²) in [5, 5.41) is 12.8. The molecule has 0 radical (unpaired) electrons. The van der Waals surface area contributed by atoms with Crippen LogP contribution < -0.4 is 5.84 Å². The Bertz CT molecular complexity index is 585.